The highest BCUT2D eigenvalue weighted by molar-refractivity contribution is 6.01. The van der Waals surface area contributed by atoms with Gasteiger partial charge in [0.25, 0.3) is 0 Å². The second-order valence-corrected chi connectivity index (χ2v) is 5.29. The molecule has 0 aromatic heterocycles. The first-order valence-electron chi connectivity index (χ1n) is 7.52. The van der Waals surface area contributed by atoms with E-state index in [9.17, 15) is 9.18 Å². The van der Waals surface area contributed by atoms with Crippen LogP contribution in [0.25, 0.3) is 0 Å². The molecule has 22 heavy (non-hydrogen) atoms. The number of benzene rings is 1. The summed E-state index contributed by atoms with van der Waals surface area (Å²) >= 11 is 0. The smallest absolute Gasteiger partial charge is 0.222 e. The van der Waals surface area contributed by atoms with Crippen LogP contribution in [0, 0.1) is 5.82 Å². The van der Waals surface area contributed by atoms with Crippen LogP contribution in [0.3, 0.4) is 0 Å². The maximum atomic E-state index is 13.8. The number of halogens is 1. The van der Waals surface area contributed by atoms with Crippen LogP contribution in [0.1, 0.15) is 31.7 Å². The van der Waals surface area contributed by atoms with Gasteiger partial charge < -0.3 is 9.74 Å². The van der Waals surface area contributed by atoms with Crippen LogP contribution < -0.4 is 0 Å². The maximum Gasteiger partial charge on any atom is 0.222 e. The van der Waals surface area contributed by atoms with Crippen molar-refractivity contribution in [1.82, 2.24) is 4.90 Å². The minimum absolute atomic E-state index is 0.0744. The first-order chi connectivity index (χ1) is 10.7. The first-order valence-corrected chi connectivity index (χ1v) is 7.52. The summed E-state index contributed by atoms with van der Waals surface area (Å²) in [5.41, 5.74) is 1.05. The van der Waals surface area contributed by atoms with Gasteiger partial charge in [-0.05, 0) is 12.5 Å². The second-order valence-electron chi connectivity index (χ2n) is 5.29. The molecule has 118 valence electrons. The van der Waals surface area contributed by atoms with Crippen LogP contribution in [-0.4, -0.2) is 35.7 Å². The lowest BCUT2D eigenvalue weighted by atomic mass is 10.0. The van der Waals surface area contributed by atoms with E-state index in [1.165, 1.54) is 6.07 Å². The van der Waals surface area contributed by atoms with Crippen molar-refractivity contribution in [3.8, 4) is 0 Å². The normalized spacial score (nSPS) is 16.8. The number of hydrogen-bond acceptors (Lipinski definition) is 3. The molecule has 0 unspecified atom stereocenters. The molecular formula is C17H21FN2O2. The fourth-order valence-corrected chi connectivity index (χ4v) is 2.43. The fraction of sp³-hybridized carbons (Fsp3) is 0.412. The highest BCUT2D eigenvalue weighted by atomic mass is 19.1. The molecule has 0 saturated heterocycles. The topological polar surface area (TPSA) is 41.9 Å². The molecule has 0 saturated carbocycles. The quantitative estimate of drug-likeness (QED) is 0.726. The predicted octanol–water partition coefficient (Wildman–Crippen LogP) is 3.13. The zero-order chi connectivity index (χ0) is 15.9. The number of carbonyl (C=O) groups is 1. The summed E-state index contributed by atoms with van der Waals surface area (Å²) in [4.78, 5) is 19.1. The molecule has 5 heteroatoms. The lowest BCUT2D eigenvalue weighted by Gasteiger charge is -2.23. The van der Waals surface area contributed by atoms with E-state index in [0.29, 0.717) is 37.2 Å². The monoisotopic (exact) mass is 304 g/mol. The Morgan fingerprint density at radius 1 is 1.55 bits per heavy atom. The van der Waals surface area contributed by atoms with Crippen LogP contribution in [-0.2, 0) is 9.63 Å². The van der Waals surface area contributed by atoms with Gasteiger partial charge in [0.1, 0.15) is 5.82 Å². The summed E-state index contributed by atoms with van der Waals surface area (Å²) < 4.78 is 13.8. The van der Waals surface area contributed by atoms with E-state index >= 15 is 0 Å². The van der Waals surface area contributed by atoms with Crippen LogP contribution in [0.15, 0.2) is 42.1 Å². The zero-order valence-electron chi connectivity index (χ0n) is 12.8. The number of hydrogen-bond donors (Lipinski definition) is 0. The average molecular weight is 304 g/mol. The van der Waals surface area contributed by atoms with Gasteiger partial charge in [-0.25, -0.2) is 4.39 Å². The fourth-order valence-electron chi connectivity index (χ4n) is 2.43. The van der Waals surface area contributed by atoms with E-state index in [1.54, 1.807) is 29.2 Å². The standard InChI is InChI=1S/C17H21FN2O2/c1-3-7-17(21)20(10-4-2)12-13-11-16(19-22-13)14-8-5-6-9-15(14)18/h4-6,8-9,13H,2-3,7,10-12H2,1H3/t13-/m0/s1. The Bertz CT molecular complexity index is 572. The summed E-state index contributed by atoms with van der Waals surface area (Å²) in [6.07, 6.45) is 3.25. The van der Waals surface area contributed by atoms with Gasteiger partial charge in [0.2, 0.25) is 5.91 Å². The molecule has 1 aromatic carbocycles. The molecule has 0 N–H and O–H groups in total. The van der Waals surface area contributed by atoms with E-state index in [0.717, 1.165) is 6.42 Å². The van der Waals surface area contributed by atoms with Crippen molar-refractivity contribution in [3.63, 3.8) is 0 Å². The minimum atomic E-state index is -0.310. The third-order valence-electron chi connectivity index (χ3n) is 3.51. The molecule has 1 aromatic rings. The molecule has 0 spiro atoms. The van der Waals surface area contributed by atoms with Crippen molar-refractivity contribution in [2.75, 3.05) is 13.1 Å². The number of carbonyl (C=O) groups excluding carboxylic acids is 1. The molecule has 0 aliphatic carbocycles. The third kappa shape index (κ3) is 3.93. The lowest BCUT2D eigenvalue weighted by molar-refractivity contribution is -0.132. The Morgan fingerprint density at radius 2 is 2.32 bits per heavy atom. The van der Waals surface area contributed by atoms with Gasteiger partial charge in [0.15, 0.2) is 6.10 Å². The molecule has 1 atom stereocenters. The van der Waals surface area contributed by atoms with Gasteiger partial charge in [-0.1, -0.05) is 36.4 Å². The Hall–Kier alpha value is -2.17. The number of amides is 1. The Kier molecular flexibility index (Phi) is 5.69. The van der Waals surface area contributed by atoms with Crippen LogP contribution in [0.4, 0.5) is 4.39 Å². The summed E-state index contributed by atoms with van der Waals surface area (Å²) in [6.45, 7) is 6.56. The van der Waals surface area contributed by atoms with Gasteiger partial charge in [-0.3, -0.25) is 4.79 Å². The SMILES string of the molecule is C=CCN(C[C@@H]1CC(c2ccccc2F)=NO1)C(=O)CCC. The highest BCUT2D eigenvalue weighted by Crippen LogP contribution is 2.20. The van der Waals surface area contributed by atoms with Crippen molar-refractivity contribution in [1.29, 1.82) is 0 Å². The average Bonchev–Trinajstić information content (AvgIpc) is 2.96. The Balaban J connectivity index is 1.97. The van der Waals surface area contributed by atoms with Gasteiger partial charge in [-0.15, -0.1) is 6.58 Å². The van der Waals surface area contributed by atoms with Crippen molar-refractivity contribution in [2.24, 2.45) is 5.16 Å². The van der Waals surface area contributed by atoms with E-state index in [4.69, 9.17) is 4.84 Å². The molecule has 1 heterocycles. The summed E-state index contributed by atoms with van der Waals surface area (Å²) in [6, 6.07) is 6.49. The van der Waals surface area contributed by atoms with Crippen molar-refractivity contribution in [2.45, 2.75) is 32.3 Å². The molecule has 0 radical (unpaired) electrons. The van der Waals surface area contributed by atoms with E-state index in [-0.39, 0.29) is 17.8 Å². The van der Waals surface area contributed by atoms with E-state index < -0.39 is 0 Å². The molecule has 1 aliphatic heterocycles. The largest absolute Gasteiger partial charge is 0.390 e. The lowest BCUT2D eigenvalue weighted by Crippen LogP contribution is -2.37. The van der Waals surface area contributed by atoms with Gasteiger partial charge >= 0.3 is 0 Å². The Labute approximate surface area is 130 Å². The molecule has 4 nitrogen and oxygen atoms in total. The Morgan fingerprint density at radius 3 is 3.00 bits per heavy atom. The van der Waals surface area contributed by atoms with Crippen LogP contribution in [0.5, 0.6) is 0 Å². The molecule has 0 bridgehead atoms. The summed E-state index contributed by atoms with van der Waals surface area (Å²) in [5.74, 6) is -0.235. The summed E-state index contributed by atoms with van der Waals surface area (Å²) in [7, 11) is 0. The predicted molar refractivity (Wildman–Crippen MR) is 84.1 cm³/mol. The highest BCUT2D eigenvalue weighted by Gasteiger charge is 2.27. The molecule has 1 aliphatic rings. The molecule has 2 rings (SSSR count). The number of rotatable bonds is 7. The second kappa shape index (κ2) is 7.73. The number of oxime groups is 1. The number of nitrogens with zero attached hydrogens (tertiary/aromatic N) is 2. The van der Waals surface area contributed by atoms with E-state index in [2.05, 4.69) is 11.7 Å². The minimum Gasteiger partial charge on any atom is -0.390 e. The van der Waals surface area contributed by atoms with Crippen molar-refractivity contribution in [3.05, 3.63) is 48.3 Å². The summed E-state index contributed by atoms with van der Waals surface area (Å²) in [5, 5.41) is 3.98. The molecule has 1 amide bonds. The van der Waals surface area contributed by atoms with Crippen molar-refractivity contribution >= 4 is 11.6 Å². The first kappa shape index (κ1) is 16.2. The zero-order valence-corrected chi connectivity index (χ0v) is 12.8. The van der Waals surface area contributed by atoms with Gasteiger partial charge in [0, 0.05) is 24.9 Å². The van der Waals surface area contributed by atoms with Crippen molar-refractivity contribution < 1.29 is 14.0 Å². The van der Waals surface area contributed by atoms with Crippen LogP contribution >= 0.6 is 0 Å². The molecular weight excluding hydrogens is 283 g/mol. The van der Waals surface area contributed by atoms with E-state index in [1.807, 2.05) is 6.92 Å². The van der Waals surface area contributed by atoms with Crippen LogP contribution in [0.2, 0.25) is 0 Å². The molecule has 0 fully saturated rings. The third-order valence-corrected chi connectivity index (χ3v) is 3.51. The maximum absolute atomic E-state index is 13.8. The van der Waals surface area contributed by atoms with Gasteiger partial charge in [0.05, 0.1) is 12.3 Å². The van der Waals surface area contributed by atoms with Gasteiger partial charge in [-0.2, -0.15) is 0 Å².